The third-order valence-electron chi connectivity index (χ3n) is 6.07. The third kappa shape index (κ3) is 4.31. The molecule has 0 radical (unpaired) electrons. The van der Waals surface area contributed by atoms with E-state index in [1.54, 1.807) is 11.3 Å². The van der Waals surface area contributed by atoms with Gasteiger partial charge in [0.2, 0.25) is 5.91 Å². The molecule has 5 nitrogen and oxygen atoms in total. The van der Waals surface area contributed by atoms with Gasteiger partial charge in [0.25, 0.3) is 0 Å². The summed E-state index contributed by atoms with van der Waals surface area (Å²) in [6.45, 7) is 8.36. The molecular weight excluding hydrogens is 380 g/mol. The van der Waals surface area contributed by atoms with Gasteiger partial charge in [-0.3, -0.25) is 9.69 Å². The topological polar surface area (TPSA) is 59.4 Å². The van der Waals surface area contributed by atoms with Crippen molar-refractivity contribution in [2.75, 3.05) is 42.9 Å². The van der Waals surface area contributed by atoms with Crippen molar-refractivity contribution >= 4 is 27.9 Å². The van der Waals surface area contributed by atoms with Crippen LogP contribution < -0.4 is 10.2 Å². The molecule has 0 bridgehead atoms. The number of aryl methyl sites for hydroxylation is 1. The Kier molecular flexibility index (Phi) is 5.89. The zero-order valence-electron chi connectivity index (χ0n) is 17.2. The van der Waals surface area contributed by atoms with Gasteiger partial charge in [0.1, 0.15) is 11.1 Å². The number of nitriles is 1. The molecule has 0 unspecified atom stereocenters. The number of hydrogen-bond acceptors (Lipinski definition) is 5. The van der Waals surface area contributed by atoms with Gasteiger partial charge in [0, 0.05) is 36.7 Å². The number of para-hydroxylation sites is 1. The van der Waals surface area contributed by atoms with Gasteiger partial charge in [-0.25, -0.2) is 0 Å². The lowest BCUT2D eigenvalue weighted by molar-refractivity contribution is -0.117. The van der Waals surface area contributed by atoms with Crippen LogP contribution in [-0.4, -0.2) is 43.5 Å². The number of nitrogens with one attached hydrogen (secondary N) is 1. The number of thiophene rings is 1. The molecule has 4 rings (SSSR count). The zero-order chi connectivity index (χ0) is 20.4. The Hall–Kier alpha value is -2.36. The van der Waals surface area contributed by atoms with Crippen LogP contribution in [0, 0.1) is 24.2 Å². The molecule has 1 amide bonds. The Morgan fingerprint density at radius 3 is 2.76 bits per heavy atom. The summed E-state index contributed by atoms with van der Waals surface area (Å²) in [6, 6.07) is 10.8. The second-order valence-corrected chi connectivity index (χ2v) is 9.37. The van der Waals surface area contributed by atoms with Gasteiger partial charge >= 0.3 is 0 Å². The van der Waals surface area contributed by atoms with Gasteiger partial charge in [-0.1, -0.05) is 25.1 Å². The van der Waals surface area contributed by atoms with Gasteiger partial charge in [-0.2, -0.15) is 5.26 Å². The van der Waals surface area contributed by atoms with E-state index in [-0.39, 0.29) is 5.91 Å². The molecule has 1 atom stereocenters. The highest BCUT2D eigenvalue weighted by Gasteiger charge is 2.25. The first kappa shape index (κ1) is 19.9. The van der Waals surface area contributed by atoms with Gasteiger partial charge in [0.15, 0.2) is 0 Å². The molecule has 1 aromatic heterocycles. The minimum atomic E-state index is -0.0162. The third-order valence-corrected chi connectivity index (χ3v) is 7.24. The van der Waals surface area contributed by atoms with Gasteiger partial charge in [0.05, 0.1) is 12.1 Å². The van der Waals surface area contributed by atoms with E-state index in [1.807, 2.05) is 0 Å². The Morgan fingerprint density at radius 2 is 2.03 bits per heavy atom. The standard InChI is InChI=1S/C23H28N4OS/c1-16-7-8-18-19(14-24)23(29-21(18)13-16)25-22(28)15-26-9-11-27(12-10-26)20-6-4-3-5-17(20)2/h3-6,16H,7-13,15H2,1-2H3,(H,25,28)/t16-/m1/s1. The lowest BCUT2D eigenvalue weighted by atomic mass is 9.89. The summed E-state index contributed by atoms with van der Waals surface area (Å²) in [6.07, 6.45) is 3.09. The summed E-state index contributed by atoms with van der Waals surface area (Å²) < 4.78 is 0. The minimum absolute atomic E-state index is 0.0162. The summed E-state index contributed by atoms with van der Waals surface area (Å²) in [5.74, 6) is 0.637. The average Bonchev–Trinajstić information content (AvgIpc) is 3.04. The molecule has 152 valence electrons. The number of fused-ring (bicyclic) bond motifs is 1. The molecule has 1 aromatic carbocycles. The summed E-state index contributed by atoms with van der Waals surface area (Å²) in [4.78, 5) is 18.5. The Balaban J connectivity index is 1.34. The lowest BCUT2D eigenvalue weighted by Crippen LogP contribution is -2.48. The number of piperazine rings is 1. The van der Waals surface area contributed by atoms with E-state index in [0.29, 0.717) is 18.0 Å². The van der Waals surface area contributed by atoms with E-state index >= 15 is 0 Å². The molecule has 0 spiro atoms. The van der Waals surface area contributed by atoms with E-state index in [2.05, 4.69) is 59.3 Å². The maximum absolute atomic E-state index is 12.7. The predicted molar refractivity (Wildman–Crippen MR) is 119 cm³/mol. The molecule has 2 heterocycles. The van der Waals surface area contributed by atoms with E-state index in [0.717, 1.165) is 56.0 Å². The molecule has 6 heteroatoms. The molecule has 0 saturated carbocycles. The van der Waals surface area contributed by atoms with E-state index in [1.165, 1.54) is 16.1 Å². The van der Waals surface area contributed by atoms with E-state index in [4.69, 9.17) is 0 Å². The molecule has 1 fully saturated rings. The Labute approximate surface area is 176 Å². The number of amides is 1. The number of benzene rings is 1. The smallest absolute Gasteiger partial charge is 0.239 e. The van der Waals surface area contributed by atoms with Gasteiger partial charge in [-0.05, 0) is 49.3 Å². The van der Waals surface area contributed by atoms with Crippen LogP contribution in [0.1, 0.15) is 34.9 Å². The van der Waals surface area contributed by atoms with Crippen LogP contribution in [0.15, 0.2) is 24.3 Å². The molecule has 1 aliphatic heterocycles. The quantitative estimate of drug-likeness (QED) is 0.836. The summed E-state index contributed by atoms with van der Waals surface area (Å²) in [5.41, 5.74) is 4.43. The second kappa shape index (κ2) is 8.56. The highest BCUT2D eigenvalue weighted by atomic mass is 32.1. The van der Waals surface area contributed by atoms with Crippen LogP contribution in [0.2, 0.25) is 0 Å². The van der Waals surface area contributed by atoms with Crippen molar-refractivity contribution in [1.82, 2.24) is 4.90 Å². The van der Waals surface area contributed by atoms with Crippen LogP contribution in [0.4, 0.5) is 10.7 Å². The fourth-order valence-corrected chi connectivity index (χ4v) is 5.77. The normalized spacial score (nSPS) is 19.5. The second-order valence-electron chi connectivity index (χ2n) is 8.27. The van der Waals surface area contributed by atoms with Crippen molar-refractivity contribution in [3.63, 3.8) is 0 Å². The SMILES string of the molecule is Cc1ccccc1N1CCN(CC(=O)Nc2sc3c(c2C#N)CC[C@@H](C)C3)CC1. The predicted octanol–water partition coefficient (Wildman–Crippen LogP) is 3.81. The van der Waals surface area contributed by atoms with Crippen LogP contribution in [0.5, 0.6) is 0 Å². The van der Waals surface area contributed by atoms with Crippen molar-refractivity contribution in [2.24, 2.45) is 5.92 Å². The number of rotatable bonds is 4. The summed E-state index contributed by atoms with van der Waals surface area (Å²) in [7, 11) is 0. The van der Waals surface area contributed by atoms with Crippen LogP contribution in [-0.2, 0) is 17.6 Å². The number of carbonyl (C=O) groups is 1. The zero-order valence-corrected chi connectivity index (χ0v) is 18.0. The van der Waals surface area contributed by atoms with E-state index in [9.17, 15) is 10.1 Å². The minimum Gasteiger partial charge on any atom is -0.369 e. The van der Waals surface area contributed by atoms with Crippen LogP contribution in [0.25, 0.3) is 0 Å². The van der Waals surface area contributed by atoms with Gasteiger partial charge in [-0.15, -0.1) is 11.3 Å². The average molecular weight is 409 g/mol. The fraction of sp³-hybridized carbons (Fsp3) is 0.478. The Bertz CT molecular complexity index is 937. The monoisotopic (exact) mass is 408 g/mol. The maximum Gasteiger partial charge on any atom is 0.239 e. The number of hydrogen-bond donors (Lipinski definition) is 1. The van der Waals surface area contributed by atoms with Crippen LogP contribution >= 0.6 is 11.3 Å². The highest BCUT2D eigenvalue weighted by Crippen LogP contribution is 2.39. The number of carbonyl (C=O) groups excluding carboxylic acids is 1. The number of anilines is 2. The molecule has 1 N–H and O–H groups in total. The molecular formula is C23H28N4OS. The highest BCUT2D eigenvalue weighted by molar-refractivity contribution is 7.16. The van der Waals surface area contributed by atoms with Crippen molar-refractivity contribution in [3.05, 3.63) is 45.8 Å². The van der Waals surface area contributed by atoms with Crippen molar-refractivity contribution in [1.29, 1.82) is 5.26 Å². The molecule has 1 aliphatic carbocycles. The van der Waals surface area contributed by atoms with Crippen molar-refractivity contribution < 1.29 is 4.79 Å². The van der Waals surface area contributed by atoms with Gasteiger partial charge < -0.3 is 10.2 Å². The lowest BCUT2D eigenvalue weighted by Gasteiger charge is -2.36. The van der Waals surface area contributed by atoms with Crippen molar-refractivity contribution in [2.45, 2.75) is 33.1 Å². The first-order chi connectivity index (χ1) is 14.0. The first-order valence-corrected chi connectivity index (χ1v) is 11.2. The van der Waals surface area contributed by atoms with Crippen molar-refractivity contribution in [3.8, 4) is 6.07 Å². The molecule has 2 aliphatic rings. The molecule has 1 saturated heterocycles. The van der Waals surface area contributed by atoms with Crippen LogP contribution in [0.3, 0.4) is 0 Å². The molecule has 2 aromatic rings. The summed E-state index contributed by atoms with van der Waals surface area (Å²) in [5, 5.41) is 13.4. The largest absolute Gasteiger partial charge is 0.369 e. The first-order valence-electron chi connectivity index (χ1n) is 10.4. The Morgan fingerprint density at radius 1 is 1.28 bits per heavy atom. The molecule has 29 heavy (non-hydrogen) atoms. The van der Waals surface area contributed by atoms with E-state index < -0.39 is 0 Å². The number of nitrogens with zero attached hydrogens (tertiary/aromatic N) is 3. The fourth-order valence-electron chi connectivity index (χ4n) is 4.39. The maximum atomic E-state index is 12.7. The summed E-state index contributed by atoms with van der Waals surface area (Å²) >= 11 is 1.60.